The van der Waals surface area contributed by atoms with Gasteiger partial charge in [0.2, 0.25) is 0 Å². The zero-order valence-corrected chi connectivity index (χ0v) is 10.0. The smallest absolute Gasteiger partial charge is 0.342 e. The molecule has 0 unspecified atom stereocenters. The molecule has 0 saturated heterocycles. The summed E-state index contributed by atoms with van der Waals surface area (Å²) in [7, 11) is 3.15. The highest BCUT2D eigenvalue weighted by Gasteiger charge is 2.21. The van der Waals surface area contributed by atoms with Gasteiger partial charge in [-0.05, 0) is 19.1 Å². The lowest BCUT2D eigenvalue weighted by Crippen LogP contribution is -2.34. The van der Waals surface area contributed by atoms with E-state index in [1.807, 2.05) is 0 Å². The van der Waals surface area contributed by atoms with Crippen molar-refractivity contribution in [3.63, 3.8) is 0 Å². The summed E-state index contributed by atoms with van der Waals surface area (Å²) in [6.07, 6.45) is -0.878. The molecule has 0 saturated carbocycles. The molecule has 1 rings (SSSR count). The third kappa shape index (κ3) is 3.21. The van der Waals surface area contributed by atoms with Crippen molar-refractivity contribution in [2.24, 2.45) is 0 Å². The molecule has 1 atom stereocenters. The van der Waals surface area contributed by atoms with Crippen molar-refractivity contribution in [1.29, 1.82) is 0 Å². The molecule has 0 aliphatic carbocycles. The monoisotopic (exact) mass is 237 g/mol. The number of likely N-dealkylation sites (N-methyl/N-ethyl adjacent to an activating group) is 1. The second-order valence-corrected chi connectivity index (χ2v) is 3.80. The van der Waals surface area contributed by atoms with Crippen molar-refractivity contribution in [1.82, 2.24) is 4.90 Å². The van der Waals surface area contributed by atoms with Gasteiger partial charge in [0.15, 0.2) is 6.10 Å². The number of hydrogen-bond donors (Lipinski definition) is 1. The van der Waals surface area contributed by atoms with E-state index in [2.05, 4.69) is 0 Å². The number of amides is 1. The number of benzene rings is 1. The highest BCUT2D eigenvalue weighted by atomic mass is 16.5. The number of phenols is 1. The fourth-order valence-electron chi connectivity index (χ4n) is 1.28. The molecule has 1 aromatic rings. The number of ether oxygens (including phenoxy) is 1. The van der Waals surface area contributed by atoms with E-state index in [9.17, 15) is 14.7 Å². The number of carbonyl (C=O) groups is 2. The van der Waals surface area contributed by atoms with Crippen LogP contribution in [0.4, 0.5) is 0 Å². The highest BCUT2D eigenvalue weighted by Crippen LogP contribution is 2.17. The number of aromatic hydroxyl groups is 1. The first-order valence-corrected chi connectivity index (χ1v) is 5.13. The van der Waals surface area contributed by atoms with E-state index in [0.717, 1.165) is 0 Å². The molecule has 0 heterocycles. The maximum atomic E-state index is 11.7. The van der Waals surface area contributed by atoms with Gasteiger partial charge in [0.05, 0.1) is 0 Å². The highest BCUT2D eigenvalue weighted by molar-refractivity contribution is 5.94. The lowest BCUT2D eigenvalue weighted by atomic mass is 10.2. The number of phenolic OH excluding ortho intramolecular Hbond substituents is 1. The fraction of sp³-hybridized carbons (Fsp3) is 0.333. The van der Waals surface area contributed by atoms with E-state index < -0.39 is 12.1 Å². The molecule has 5 nitrogen and oxygen atoms in total. The van der Waals surface area contributed by atoms with E-state index in [-0.39, 0.29) is 17.2 Å². The number of carbonyl (C=O) groups excluding carboxylic acids is 2. The SMILES string of the molecule is C[C@@H](OC(=O)c1ccccc1O)C(=O)N(C)C. The van der Waals surface area contributed by atoms with E-state index in [4.69, 9.17) is 4.74 Å². The quantitative estimate of drug-likeness (QED) is 0.797. The Morgan fingerprint density at radius 3 is 2.41 bits per heavy atom. The Bertz CT molecular complexity index is 428. The van der Waals surface area contributed by atoms with Crippen molar-refractivity contribution in [3.05, 3.63) is 29.8 Å². The molecule has 0 aliphatic heterocycles. The largest absolute Gasteiger partial charge is 0.507 e. The minimum absolute atomic E-state index is 0.0471. The van der Waals surface area contributed by atoms with Crippen molar-refractivity contribution >= 4 is 11.9 Å². The zero-order chi connectivity index (χ0) is 13.0. The van der Waals surface area contributed by atoms with E-state index in [1.54, 1.807) is 26.2 Å². The van der Waals surface area contributed by atoms with Crippen LogP contribution in [0.1, 0.15) is 17.3 Å². The molecule has 0 aromatic heterocycles. The van der Waals surface area contributed by atoms with Crippen molar-refractivity contribution in [2.45, 2.75) is 13.0 Å². The van der Waals surface area contributed by atoms with Crippen LogP contribution in [0.15, 0.2) is 24.3 Å². The van der Waals surface area contributed by atoms with Crippen LogP contribution in [0.2, 0.25) is 0 Å². The first-order chi connectivity index (χ1) is 7.93. The molecule has 1 amide bonds. The maximum absolute atomic E-state index is 11.7. The maximum Gasteiger partial charge on any atom is 0.342 e. The van der Waals surface area contributed by atoms with E-state index in [0.29, 0.717) is 0 Å². The Hall–Kier alpha value is -2.04. The fourth-order valence-corrected chi connectivity index (χ4v) is 1.28. The summed E-state index contributed by atoms with van der Waals surface area (Å²) >= 11 is 0. The number of para-hydroxylation sites is 1. The minimum atomic E-state index is -0.878. The van der Waals surface area contributed by atoms with Crippen molar-refractivity contribution in [3.8, 4) is 5.75 Å². The summed E-state index contributed by atoms with van der Waals surface area (Å²) in [4.78, 5) is 24.5. The van der Waals surface area contributed by atoms with E-state index in [1.165, 1.54) is 24.0 Å². The van der Waals surface area contributed by atoms with Crippen LogP contribution in [0.3, 0.4) is 0 Å². The van der Waals surface area contributed by atoms with Gasteiger partial charge < -0.3 is 14.7 Å². The van der Waals surface area contributed by atoms with Gasteiger partial charge in [-0.25, -0.2) is 4.79 Å². The molecule has 1 aromatic carbocycles. The van der Waals surface area contributed by atoms with Crippen LogP contribution in [-0.2, 0) is 9.53 Å². The first kappa shape index (κ1) is 13.0. The number of nitrogens with zero attached hydrogens (tertiary/aromatic N) is 1. The summed E-state index contributed by atoms with van der Waals surface area (Å²) in [6, 6.07) is 6.02. The summed E-state index contributed by atoms with van der Waals surface area (Å²) < 4.78 is 4.95. The molecule has 0 aliphatic rings. The summed E-state index contributed by atoms with van der Waals surface area (Å²) in [5.74, 6) is -1.19. The Balaban J connectivity index is 2.74. The lowest BCUT2D eigenvalue weighted by Gasteiger charge is -2.17. The molecule has 0 fully saturated rings. The normalized spacial score (nSPS) is 11.7. The third-order valence-corrected chi connectivity index (χ3v) is 2.20. The summed E-state index contributed by atoms with van der Waals surface area (Å²) in [5.41, 5.74) is 0.0471. The van der Waals surface area contributed by atoms with Crippen LogP contribution in [-0.4, -0.2) is 42.1 Å². The topological polar surface area (TPSA) is 66.8 Å². The summed E-state index contributed by atoms with van der Waals surface area (Å²) in [5, 5.41) is 9.45. The second-order valence-electron chi connectivity index (χ2n) is 3.80. The first-order valence-electron chi connectivity index (χ1n) is 5.13. The number of rotatable bonds is 3. The second kappa shape index (κ2) is 5.34. The van der Waals surface area contributed by atoms with Gasteiger partial charge in [-0.15, -0.1) is 0 Å². The molecule has 0 spiro atoms. The predicted molar refractivity (Wildman–Crippen MR) is 61.7 cm³/mol. The van der Waals surface area contributed by atoms with Gasteiger partial charge in [-0.3, -0.25) is 4.79 Å². The van der Waals surface area contributed by atoms with E-state index >= 15 is 0 Å². The summed E-state index contributed by atoms with van der Waals surface area (Å²) in [6.45, 7) is 1.49. The molecule has 17 heavy (non-hydrogen) atoms. The van der Waals surface area contributed by atoms with Gasteiger partial charge in [0, 0.05) is 14.1 Å². The lowest BCUT2D eigenvalue weighted by molar-refractivity contribution is -0.137. The van der Waals surface area contributed by atoms with Gasteiger partial charge in [-0.2, -0.15) is 0 Å². The Labute approximate surface area is 99.6 Å². The standard InChI is InChI=1S/C12H15NO4/c1-8(11(15)13(2)3)17-12(16)9-6-4-5-7-10(9)14/h4-8,14H,1-3H3/t8-/m1/s1. The third-order valence-electron chi connectivity index (χ3n) is 2.20. The van der Waals surface area contributed by atoms with Crippen LogP contribution >= 0.6 is 0 Å². The minimum Gasteiger partial charge on any atom is -0.507 e. The Morgan fingerprint density at radius 2 is 1.88 bits per heavy atom. The molecule has 5 heteroatoms. The van der Waals surface area contributed by atoms with Gasteiger partial charge in [0.25, 0.3) is 5.91 Å². The van der Waals surface area contributed by atoms with Crippen molar-refractivity contribution < 1.29 is 19.4 Å². The zero-order valence-electron chi connectivity index (χ0n) is 10.0. The van der Waals surface area contributed by atoms with Crippen LogP contribution in [0, 0.1) is 0 Å². The molecule has 1 N–H and O–H groups in total. The number of hydrogen-bond acceptors (Lipinski definition) is 4. The Kier molecular flexibility index (Phi) is 4.09. The average Bonchev–Trinajstić information content (AvgIpc) is 2.28. The Morgan fingerprint density at radius 1 is 1.29 bits per heavy atom. The van der Waals surface area contributed by atoms with Gasteiger partial charge in [0.1, 0.15) is 11.3 Å². The van der Waals surface area contributed by atoms with Gasteiger partial charge in [-0.1, -0.05) is 12.1 Å². The van der Waals surface area contributed by atoms with Crippen molar-refractivity contribution in [2.75, 3.05) is 14.1 Å². The molecule has 0 radical (unpaired) electrons. The molecule has 0 bridgehead atoms. The van der Waals surface area contributed by atoms with Gasteiger partial charge >= 0.3 is 5.97 Å². The predicted octanol–water partition coefficient (Wildman–Crippen LogP) is 1.03. The average molecular weight is 237 g/mol. The van der Waals surface area contributed by atoms with Crippen LogP contribution in [0.25, 0.3) is 0 Å². The molecule has 92 valence electrons. The van der Waals surface area contributed by atoms with Crippen LogP contribution in [0.5, 0.6) is 5.75 Å². The van der Waals surface area contributed by atoms with Crippen LogP contribution < -0.4 is 0 Å². The molecular formula is C12H15NO4. The number of esters is 1. The molecular weight excluding hydrogens is 222 g/mol.